The Morgan fingerprint density at radius 3 is 3.00 bits per heavy atom. The van der Waals surface area contributed by atoms with E-state index in [1.807, 2.05) is 0 Å². The zero-order chi connectivity index (χ0) is 13.0. The molecule has 2 N–H and O–H groups in total. The fourth-order valence-electron chi connectivity index (χ4n) is 2.59. The van der Waals surface area contributed by atoms with Crippen molar-refractivity contribution in [3.63, 3.8) is 0 Å². The molecule has 1 heterocycles. The fourth-order valence-corrected chi connectivity index (χ4v) is 2.59. The SMILES string of the molecule is CC1CCCCC1CNc1cc(C(=O)O)ccn1. The summed E-state index contributed by atoms with van der Waals surface area (Å²) in [4.78, 5) is 15.0. The molecule has 4 heteroatoms. The van der Waals surface area contributed by atoms with Gasteiger partial charge in [0.1, 0.15) is 5.82 Å². The maximum atomic E-state index is 10.9. The third-order valence-electron chi connectivity index (χ3n) is 3.84. The molecule has 1 aliphatic rings. The van der Waals surface area contributed by atoms with Crippen LogP contribution < -0.4 is 5.32 Å². The zero-order valence-corrected chi connectivity index (χ0v) is 10.7. The average Bonchev–Trinajstić information content (AvgIpc) is 2.38. The van der Waals surface area contributed by atoms with Crippen LogP contribution in [0.1, 0.15) is 43.0 Å². The Morgan fingerprint density at radius 2 is 2.28 bits per heavy atom. The smallest absolute Gasteiger partial charge is 0.335 e. The summed E-state index contributed by atoms with van der Waals surface area (Å²) in [6, 6.07) is 3.10. The van der Waals surface area contributed by atoms with Crippen LogP contribution in [-0.2, 0) is 0 Å². The molecule has 1 aliphatic carbocycles. The summed E-state index contributed by atoms with van der Waals surface area (Å²) in [5.41, 5.74) is 0.282. The first-order valence-electron chi connectivity index (χ1n) is 6.60. The molecule has 98 valence electrons. The van der Waals surface area contributed by atoms with Gasteiger partial charge in [0.25, 0.3) is 0 Å². The van der Waals surface area contributed by atoms with E-state index in [1.165, 1.54) is 37.9 Å². The van der Waals surface area contributed by atoms with E-state index in [1.54, 1.807) is 6.07 Å². The van der Waals surface area contributed by atoms with E-state index in [0.29, 0.717) is 11.7 Å². The van der Waals surface area contributed by atoms with Gasteiger partial charge in [0, 0.05) is 12.7 Å². The number of hydrogen-bond acceptors (Lipinski definition) is 3. The van der Waals surface area contributed by atoms with E-state index >= 15 is 0 Å². The molecule has 2 unspecified atom stereocenters. The maximum absolute atomic E-state index is 10.9. The second kappa shape index (κ2) is 5.85. The van der Waals surface area contributed by atoms with Gasteiger partial charge in [0.05, 0.1) is 5.56 Å². The quantitative estimate of drug-likeness (QED) is 0.859. The normalized spacial score (nSPS) is 23.6. The first-order valence-corrected chi connectivity index (χ1v) is 6.60. The van der Waals surface area contributed by atoms with Crippen molar-refractivity contribution in [3.8, 4) is 0 Å². The number of carboxylic acid groups (broad SMARTS) is 1. The highest BCUT2D eigenvalue weighted by molar-refractivity contribution is 5.88. The molecular formula is C14H20N2O2. The van der Waals surface area contributed by atoms with Crippen LogP contribution in [0.3, 0.4) is 0 Å². The van der Waals surface area contributed by atoms with Crippen molar-refractivity contribution >= 4 is 11.8 Å². The van der Waals surface area contributed by atoms with Gasteiger partial charge in [-0.1, -0.05) is 26.2 Å². The monoisotopic (exact) mass is 248 g/mol. The first-order chi connectivity index (χ1) is 8.66. The lowest BCUT2D eigenvalue weighted by Crippen LogP contribution is -2.24. The van der Waals surface area contributed by atoms with E-state index in [9.17, 15) is 4.79 Å². The standard InChI is InChI=1S/C14H20N2O2/c1-10-4-2-3-5-12(10)9-16-13-8-11(14(17)18)6-7-15-13/h6-8,10,12H,2-5,9H2,1H3,(H,15,16)(H,17,18). The molecule has 0 aliphatic heterocycles. The minimum atomic E-state index is -0.911. The number of nitrogens with zero attached hydrogens (tertiary/aromatic N) is 1. The van der Waals surface area contributed by atoms with Gasteiger partial charge in [-0.15, -0.1) is 0 Å². The Hall–Kier alpha value is -1.58. The molecule has 1 fully saturated rings. The highest BCUT2D eigenvalue weighted by atomic mass is 16.4. The number of carbonyl (C=O) groups is 1. The molecule has 0 aromatic carbocycles. The second-order valence-electron chi connectivity index (χ2n) is 5.14. The van der Waals surface area contributed by atoms with Crippen LogP contribution in [0.25, 0.3) is 0 Å². The third-order valence-corrected chi connectivity index (χ3v) is 3.84. The number of nitrogens with one attached hydrogen (secondary N) is 1. The highest BCUT2D eigenvalue weighted by Gasteiger charge is 2.20. The second-order valence-corrected chi connectivity index (χ2v) is 5.14. The van der Waals surface area contributed by atoms with Crippen molar-refractivity contribution in [2.75, 3.05) is 11.9 Å². The van der Waals surface area contributed by atoms with E-state index in [4.69, 9.17) is 5.11 Å². The molecule has 0 spiro atoms. The molecule has 18 heavy (non-hydrogen) atoms. The van der Waals surface area contributed by atoms with Crippen molar-refractivity contribution in [2.45, 2.75) is 32.6 Å². The Kier molecular flexibility index (Phi) is 4.18. The fraction of sp³-hybridized carbons (Fsp3) is 0.571. The molecule has 0 saturated heterocycles. The summed E-state index contributed by atoms with van der Waals surface area (Å²) in [6.45, 7) is 3.18. The molecule has 2 atom stereocenters. The number of rotatable bonds is 4. The predicted octanol–water partition coefficient (Wildman–Crippen LogP) is 3.02. The van der Waals surface area contributed by atoms with E-state index in [0.717, 1.165) is 12.5 Å². The molecule has 1 aromatic heterocycles. The molecule has 0 amide bonds. The van der Waals surface area contributed by atoms with Crippen LogP contribution >= 0.6 is 0 Å². The summed E-state index contributed by atoms with van der Waals surface area (Å²) < 4.78 is 0. The number of anilines is 1. The van der Waals surface area contributed by atoms with Crippen LogP contribution in [0, 0.1) is 11.8 Å². The van der Waals surface area contributed by atoms with Crippen LogP contribution in [0.5, 0.6) is 0 Å². The zero-order valence-electron chi connectivity index (χ0n) is 10.7. The van der Waals surface area contributed by atoms with E-state index < -0.39 is 5.97 Å². The lowest BCUT2D eigenvalue weighted by Gasteiger charge is -2.28. The Morgan fingerprint density at radius 1 is 1.50 bits per heavy atom. The highest BCUT2D eigenvalue weighted by Crippen LogP contribution is 2.29. The lowest BCUT2D eigenvalue weighted by atomic mass is 9.80. The van der Waals surface area contributed by atoms with Crippen molar-refractivity contribution < 1.29 is 9.90 Å². The Labute approximate surface area is 107 Å². The minimum absolute atomic E-state index is 0.282. The number of aromatic nitrogens is 1. The lowest BCUT2D eigenvalue weighted by molar-refractivity contribution is 0.0697. The van der Waals surface area contributed by atoms with Gasteiger partial charge in [-0.3, -0.25) is 0 Å². The maximum Gasteiger partial charge on any atom is 0.335 e. The van der Waals surface area contributed by atoms with Crippen molar-refractivity contribution in [3.05, 3.63) is 23.9 Å². The summed E-state index contributed by atoms with van der Waals surface area (Å²) in [5, 5.41) is 12.2. The molecule has 4 nitrogen and oxygen atoms in total. The Balaban J connectivity index is 1.93. The summed E-state index contributed by atoms with van der Waals surface area (Å²) in [7, 11) is 0. The van der Waals surface area contributed by atoms with Gasteiger partial charge >= 0.3 is 5.97 Å². The van der Waals surface area contributed by atoms with Gasteiger partial charge in [-0.05, 0) is 30.4 Å². The van der Waals surface area contributed by atoms with Gasteiger partial charge in [0.2, 0.25) is 0 Å². The summed E-state index contributed by atoms with van der Waals surface area (Å²) in [5.74, 6) is 1.17. The topological polar surface area (TPSA) is 62.2 Å². The van der Waals surface area contributed by atoms with E-state index in [-0.39, 0.29) is 5.56 Å². The van der Waals surface area contributed by atoms with Crippen LogP contribution in [-0.4, -0.2) is 22.6 Å². The van der Waals surface area contributed by atoms with Gasteiger partial charge in [-0.2, -0.15) is 0 Å². The number of carboxylic acids is 1. The van der Waals surface area contributed by atoms with Crippen molar-refractivity contribution in [2.24, 2.45) is 11.8 Å². The van der Waals surface area contributed by atoms with E-state index in [2.05, 4.69) is 17.2 Å². The van der Waals surface area contributed by atoms with Crippen LogP contribution in [0.4, 0.5) is 5.82 Å². The number of hydrogen-bond donors (Lipinski definition) is 2. The largest absolute Gasteiger partial charge is 0.478 e. The van der Waals surface area contributed by atoms with Gasteiger partial charge < -0.3 is 10.4 Å². The van der Waals surface area contributed by atoms with Gasteiger partial charge in [-0.25, -0.2) is 9.78 Å². The number of aromatic carboxylic acids is 1. The Bertz CT molecular complexity index is 420. The third kappa shape index (κ3) is 3.22. The molecule has 0 bridgehead atoms. The minimum Gasteiger partial charge on any atom is -0.478 e. The van der Waals surface area contributed by atoms with Crippen LogP contribution in [0.15, 0.2) is 18.3 Å². The number of pyridine rings is 1. The molecule has 2 rings (SSSR count). The van der Waals surface area contributed by atoms with Gasteiger partial charge in [0.15, 0.2) is 0 Å². The van der Waals surface area contributed by atoms with Crippen LogP contribution in [0.2, 0.25) is 0 Å². The molecule has 1 aromatic rings. The molecule has 1 saturated carbocycles. The van der Waals surface area contributed by atoms with Crippen molar-refractivity contribution in [1.29, 1.82) is 0 Å². The predicted molar refractivity (Wildman–Crippen MR) is 70.8 cm³/mol. The molecular weight excluding hydrogens is 228 g/mol. The summed E-state index contributed by atoms with van der Waals surface area (Å²) >= 11 is 0. The molecule has 0 radical (unpaired) electrons. The average molecular weight is 248 g/mol. The first kappa shape index (κ1) is 12.9. The van der Waals surface area contributed by atoms with Crippen molar-refractivity contribution in [1.82, 2.24) is 4.98 Å². The summed E-state index contributed by atoms with van der Waals surface area (Å²) in [6.07, 6.45) is 6.74.